The summed E-state index contributed by atoms with van der Waals surface area (Å²) in [6, 6.07) is 16.7. The summed E-state index contributed by atoms with van der Waals surface area (Å²) in [7, 11) is 0. The van der Waals surface area contributed by atoms with Gasteiger partial charge in [-0.1, -0.05) is 30.3 Å². The molecule has 4 aliphatic heterocycles. The Morgan fingerprint density at radius 3 is 2.53 bits per heavy atom. The number of thiophene rings is 1. The van der Waals surface area contributed by atoms with Crippen LogP contribution < -0.4 is 4.90 Å². The molecular formula is C27H28N2O2S. The van der Waals surface area contributed by atoms with Gasteiger partial charge in [0.1, 0.15) is 0 Å². The molecule has 0 aliphatic carbocycles. The van der Waals surface area contributed by atoms with Gasteiger partial charge < -0.3 is 9.80 Å². The van der Waals surface area contributed by atoms with Gasteiger partial charge in [-0.05, 0) is 78.9 Å². The lowest BCUT2D eigenvalue weighted by Crippen LogP contribution is -2.47. The van der Waals surface area contributed by atoms with Gasteiger partial charge in [-0.15, -0.1) is 11.3 Å². The lowest BCUT2D eigenvalue weighted by atomic mass is 9.76. The second kappa shape index (κ2) is 8.13. The van der Waals surface area contributed by atoms with E-state index in [-0.39, 0.29) is 5.91 Å². The molecule has 2 bridgehead atoms. The van der Waals surface area contributed by atoms with Crippen LogP contribution in [0.5, 0.6) is 0 Å². The van der Waals surface area contributed by atoms with Crippen LogP contribution in [0, 0.1) is 11.8 Å². The van der Waals surface area contributed by atoms with E-state index in [9.17, 15) is 9.59 Å². The van der Waals surface area contributed by atoms with E-state index >= 15 is 0 Å². The SMILES string of the molecule is O=C(C[C@H]1CN2CCC1CC2)c1cc2cccc(-c3ccc(N4CCCC4=O)cc3)c2s1. The Bertz CT molecular complexity index is 1170. The second-order valence-corrected chi connectivity index (χ2v) is 10.6. The molecule has 1 amide bonds. The summed E-state index contributed by atoms with van der Waals surface area (Å²) in [4.78, 5) is 30.5. The first kappa shape index (κ1) is 20.1. The predicted molar refractivity (Wildman–Crippen MR) is 130 cm³/mol. The van der Waals surface area contributed by atoms with E-state index in [1.807, 2.05) is 17.0 Å². The third-order valence-corrected chi connectivity index (χ3v) is 8.85. The average molecular weight is 445 g/mol. The van der Waals surface area contributed by atoms with Gasteiger partial charge in [-0.2, -0.15) is 0 Å². The van der Waals surface area contributed by atoms with Crippen molar-refractivity contribution in [3.63, 3.8) is 0 Å². The van der Waals surface area contributed by atoms with Gasteiger partial charge in [-0.3, -0.25) is 9.59 Å². The number of amides is 1. The van der Waals surface area contributed by atoms with Crippen molar-refractivity contribution in [2.24, 2.45) is 11.8 Å². The summed E-state index contributed by atoms with van der Waals surface area (Å²) < 4.78 is 1.18. The number of fused-ring (bicyclic) bond motifs is 4. The van der Waals surface area contributed by atoms with Gasteiger partial charge in [0.25, 0.3) is 0 Å². The van der Waals surface area contributed by atoms with Crippen LogP contribution in [0.4, 0.5) is 5.69 Å². The maximum atomic E-state index is 13.2. The van der Waals surface area contributed by atoms with Gasteiger partial charge in [-0.25, -0.2) is 0 Å². The second-order valence-electron chi connectivity index (χ2n) is 9.56. The Hall–Kier alpha value is -2.50. The number of hydrogen-bond acceptors (Lipinski definition) is 4. The molecule has 32 heavy (non-hydrogen) atoms. The molecule has 4 saturated heterocycles. The monoisotopic (exact) mass is 444 g/mol. The molecule has 4 nitrogen and oxygen atoms in total. The molecule has 2 aromatic carbocycles. The Kier molecular flexibility index (Phi) is 5.11. The molecule has 1 atom stereocenters. The highest BCUT2D eigenvalue weighted by atomic mass is 32.1. The third kappa shape index (κ3) is 3.57. The van der Waals surface area contributed by atoms with Crippen molar-refractivity contribution in [1.82, 2.24) is 4.90 Å². The van der Waals surface area contributed by atoms with Crippen LogP contribution in [0.15, 0.2) is 48.5 Å². The van der Waals surface area contributed by atoms with E-state index < -0.39 is 0 Å². The smallest absolute Gasteiger partial charge is 0.227 e. The standard InChI is InChI=1S/C27H28N2O2S/c30-24(15-21-17-28-13-10-18(21)11-14-28)25-16-20-3-1-4-23(27(20)32-25)19-6-8-22(9-7-19)29-12-2-5-26(29)31/h1,3-4,6-9,16,18,21H,2,5,10-15,17H2/t21-/m0/s1. The van der Waals surface area contributed by atoms with Crippen LogP contribution in [-0.4, -0.2) is 42.8 Å². The summed E-state index contributed by atoms with van der Waals surface area (Å²) in [5.74, 6) is 1.77. The molecule has 1 aromatic heterocycles. The highest BCUT2D eigenvalue weighted by Gasteiger charge is 2.35. The number of benzene rings is 2. The van der Waals surface area contributed by atoms with Crippen LogP contribution >= 0.6 is 11.3 Å². The lowest BCUT2D eigenvalue weighted by Gasteiger charge is -2.44. The van der Waals surface area contributed by atoms with Crippen molar-refractivity contribution >= 4 is 38.8 Å². The summed E-state index contributed by atoms with van der Waals surface area (Å²) in [6.07, 6.45) is 4.78. The van der Waals surface area contributed by atoms with E-state index in [0.717, 1.165) is 52.5 Å². The molecule has 0 saturated carbocycles. The Morgan fingerprint density at radius 2 is 1.84 bits per heavy atom. The number of hydrogen-bond donors (Lipinski definition) is 0. The van der Waals surface area contributed by atoms with Gasteiger partial charge in [0.15, 0.2) is 5.78 Å². The fourth-order valence-electron chi connectivity index (χ4n) is 5.83. The number of ketones is 1. The molecule has 0 radical (unpaired) electrons. The van der Waals surface area contributed by atoms with Crippen molar-refractivity contribution < 1.29 is 9.59 Å². The number of rotatable bonds is 5. The number of nitrogens with zero attached hydrogens (tertiary/aromatic N) is 2. The molecule has 5 heteroatoms. The fourth-order valence-corrected chi connectivity index (χ4v) is 6.97. The van der Waals surface area contributed by atoms with E-state index in [1.165, 1.54) is 30.6 Å². The van der Waals surface area contributed by atoms with Crippen LogP contribution in [0.3, 0.4) is 0 Å². The van der Waals surface area contributed by atoms with Crippen molar-refractivity contribution in [3.05, 3.63) is 53.4 Å². The summed E-state index contributed by atoms with van der Waals surface area (Å²) in [6.45, 7) is 4.33. The summed E-state index contributed by atoms with van der Waals surface area (Å²) in [5, 5.41) is 1.14. The molecule has 0 unspecified atom stereocenters. The van der Waals surface area contributed by atoms with Crippen molar-refractivity contribution in [3.8, 4) is 11.1 Å². The highest BCUT2D eigenvalue weighted by molar-refractivity contribution is 7.21. The first-order chi connectivity index (χ1) is 15.7. The number of carbonyl (C=O) groups is 2. The molecule has 3 aromatic rings. The Labute approximate surface area is 192 Å². The number of piperidine rings is 3. The molecule has 5 heterocycles. The Balaban J connectivity index is 1.25. The first-order valence-electron chi connectivity index (χ1n) is 11.8. The molecule has 4 aliphatic rings. The first-order valence-corrected chi connectivity index (χ1v) is 12.7. The zero-order valence-electron chi connectivity index (χ0n) is 18.3. The van der Waals surface area contributed by atoms with Crippen LogP contribution in [0.25, 0.3) is 21.2 Å². The van der Waals surface area contributed by atoms with Crippen LogP contribution in [0.1, 0.15) is 41.8 Å². The van der Waals surface area contributed by atoms with Gasteiger partial charge in [0.2, 0.25) is 5.91 Å². The quantitative estimate of drug-likeness (QED) is 0.480. The normalized spacial score (nSPS) is 25.1. The summed E-state index contributed by atoms with van der Waals surface area (Å²) >= 11 is 1.64. The average Bonchev–Trinajstić information content (AvgIpc) is 3.46. The zero-order chi connectivity index (χ0) is 21.7. The van der Waals surface area contributed by atoms with Crippen LogP contribution in [-0.2, 0) is 4.79 Å². The molecule has 0 N–H and O–H groups in total. The minimum absolute atomic E-state index is 0.212. The minimum atomic E-state index is 0.212. The van der Waals surface area contributed by atoms with Gasteiger partial charge in [0.05, 0.1) is 4.88 Å². The van der Waals surface area contributed by atoms with Gasteiger partial charge >= 0.3 is 0 Å². The number of carbonyl (C=O) groups excluding carboxylic acids is 2. The van der Waals surface area contributed by atoms with Crippen molar-refractivity contribution in [2.75, 3.05) is 31.1 Å². The Morgan fingerprint density at radius 1 is 1.03 bits per heavy atom. The third-order valence-electron chi connectivity index (χ3n) is 7.62. The molecule has 7 rings (SSSR count). The van der Waals surface area contributed by atoms with Crippen molar-refractivity contribution in [1.29, 1.82) is 0 Å². The number of Topliss-reactive ketones (excluding diaryl/α,β-unsaturated/α-hetero) is 1. The molecule has 0 spiro atoms. The molecular weight excluding hydrogens is 416 g/mol. The van der Waals surface area contributed by atoms with E-state index in [1.54, 1.807) is 11.3 Å². The van der Waals surface area contributed by atoms with E-state index in [2.05, 4.69) is 41.3 Å². The number of anilines is 1. The van der Waals surface area contributed by atoms with E-state index in [4.69, 9.17) is 0 Å². The lowest BCUT2D eigenvalue weighted by molar-refractivity contribution is -0.117. The van der Waals surface area contributed by atoms with E-state index in [0.29, 0.717) is 24.5 Å². The zero-order valence-corrected chi connectivity index (χ0v) is 19.1. The topological polar surface area (TPSA) is 40.6 Å². The molecule has 164 valence electrons. The predicted octanol–water partition coefficient (Wildman–Crippen LogP) is 5.61. The largest absolute Gasteiger partial charge is 0.312 e. The highest BCUT2D eigenvalue weighted by Crippen LogP contribution is 2.39. The maximum absolute atomic E-state index is 13.2. The molecule has 4 fully saturated rings. The van der Waals surface area contributed by atoms with Gasteiger partial charge in [0, 0.05) is 36.3 Å². The fraction of sp³-hybridized carbons (Fsp3) is 0.407. The van der Waals surface area contributed by atoms with Crippen LogP contribution in [0.2, 0.25) is 0 Å². The van der Waals surface area contributed by atoms with Crippen molar-refractivity contribution in [2.45, 2.75) is 32.1 Å². The summed E-state index contributed by atoms with van der Waals surface area (Å²) in [5.41, 5.74) is 3.26. The minimum Gasteiger partial charge on any atom is -0.312 e. The maximum Gasteiger partial charge on any atom is 0.227 e.